The molecule has 1 saturated heterocycles. The molecule has 10 heteroatoms. The van der Waals surface area contributed by atoms with Crippen LogP contribution >= 0.6 is 35.0 Å². The van der Waals surface area contributed by atoms with Gasteiger partial charge in [0.25, 0.3) is 5.91 Å². The normalized spacial score (nSPS) is 16.2. The lowest BCUT2D eigenvalue weighted by molar-refractivity contribution is -0.115. The Balaban J connectivity index is 2.00. The van der Waals surface area contributed by atoms with Crippen LogP contribution in [0.2, 0.25) is 10.0 Å². The Labute approximate surface area is 180 Å². The number of ether oxygens (including phenoxy) is 2. The van der Waals surface area contributed by atoms with Gasteiger partial charge >= 0.3 is 5.97 Å². The van der Waals surface area contributed by atoms with E-state index in [9.17, 15) is 14.7 Å². The van der Waals surface area contributed by atoms with E-state index >= 15 is 0 Å². The minimum absolute atomic E-state index is 0.0670. The van der Waals surface area contributed by atoms with Gasteiger partial charge in [-0.2, -0.15) is 0 Å². The Morgan fingerprint density at radius 2 is 1.97 bits per heavy atom. The van der Waals surface area contributed by atoms with Gasteiger partial charge in [0, 0.05) is 0 Å². The van der Waals surface area contributed by atoms with Crippen LogP contribution < -0.4 is 14.8 Å². The maximum atomic E-state index is 12.3. The molecule has 0 bridgehead atoms. The summed E-state index contributed by atoms with van der Waals surface area (Å²) in [6.07, 6.45) is 1.45. The van der Waals surface area contributed by atoms with Gasteiger partial charge in [-0.1, -0.05) is 35.3 Å². The summed E-state index contributed by atoms with van der Waals surface area (Å²) >= 11 is 13.2. The minimum atomic E-state index is -1.21. The molecule has 150 valence electrons. The van der Waals surface area contributed by atoms with Crippen LogP contribution in [0, 0.1) is 0 Å². The highest BCUT2D eigenvalue weighted by Gasteiger charge is 2.26. The van der Waals surface area contributed by atoms with Crippen LogP contribution in [-0.4, -0.2) is 36.4 Å². The van der Waals surface area contributed by atoms with Gasteiger partial charge in [0.1, 0.15) is 5.56 Å². The number of carboxylic acid groups (broad SMARTS) is 1. The summed E-state index contributed by atoms with van der Waals surface area (Å²) < 4.78 is 10.3. The fourth-order valence-electron chi connectivity index (χ4n) is 2.59. The second kappa shape index (κ2) is 8.77. The molecule has 2 aromatic carbocycles. The molecule has 7 nitrogen and oxygen atoms in total. The maximum absolute atomic E-state index is 12.3. The number of carbonyl (C=O) groups excluding carboxylic acids is 1. The Hall–Kier alpha value is -2.68. The fraction of sp³-hybridized carbons (Fsp3) is 0.105. The smallest absolute Gasteiger partial charge is 0.340 e. The molecule has 0 atom stereocenters. The van der Waals surface area contributed by atoms with E-state index in [-0.39, 0.29) is 32.6 Å². The number of hydrogen-bond acceptors (Lipinski definition) is 6. The van der Waals surface area contributed by atoms with Crippen molar-refractivity contribution in [1.82, 2.24) is 5.32 Å². The van der Waals surface area contributed by atoms with Crippen LogP contribution in [-0.2, 0) is 4.79 Å². The summed E-state index contributed by atoms with van der Waals surface area (Å²) in [7, 11) is 2.75. The standard InChI is InChI=1S/C19H14Cl2N2O5S/c1-27-12-7-6-9(14(18(25)26)16(12)28-2)8-13-17(24)23-19(29-13)22-11-5-3-4-10(20)15(11)21/h3-8H,1-2H3,(H,25,26)(H,22,23,24)/b13-8+. The average Bonchev–Trinajstić information content (AvgIpc) is 3.03. The highest BCUT2D eigenvalue weighted by Crippen LogP contribution is 2.37. The molecule has 0 spiro atoms. The van der Waals surface area contributed by atoms with E-state index in [0.717, 1.165) is 11.8 Å². The van der Waals surface area contributed by atoms with Crippen molar-refractivity contribution in [3.63, 3.8) is 0 Å². The average molecular weight is 453 g/mol. The number of carboxylic acids is 1. The topological polar surface area (TPSA) is 97.2 Å². The van der Waals surface area contributed by atoms with E-state index in [1.54, 1.807) is 24.3 Å². The summed E-state index contributed by atoms with van der Waals surface area (Å²) in [6, 6.07) is 8.08. The molecule has 0 aromatic heterocycles. The zero-order valence-corrected chi connectivity index (χ0v) is 17.5. The number of nitrogens with one attached hydrogen (secondary N) is 1. The van der Waals surface area contributed by atoms with Crippen molar-refractivity contribution in [3.8, 4) is 11.5 Å². The number of methoxy groups -OCH3 is 2. The second-order valence-electron chi connectivity index (χ2n) is 5.63. The largest absolute Gasteiger partial charge is 0.493 e. The molecule has 1 fully saturated rings. The number of hydrogen-bond donors (Lipinski definition) is 2. The van der Waals surface area contributed by atoms with E-state index in [2.05, 4.69) is 10.3 Å². The highest BCUT2D eigenvalue weighted by atomic mass is 35.5. The van der Waals surface area contributed by atoms with E-state index in [1.165, 1.54) is 26.4 Å². The first-order valence-electron chi connectivity index (χ1n) is 8.07. The van der Waals surface area contributed by atoms with Gasteiger partial charge < -0.3 is 19.9 Å². The van der Waals surface area contributed by atoms with E-state index < -0.39 is 11.9 Å². The molecule has 0 unspecified atom stereocenters. The van der Waals surface area contributed by atoms with Crippen molar-refractivity contribution in [2.75, 3.05) is 14.2 Å². The van der Waals surface area contributed by atoms with Gasteiger partial charge in [0.15, 0.2) is 16.7 Å². The highest BCUT2D eigenvalue weighted by molar-refractivity contribution is 8.18. The number of aromatic carboxylic acids is 1. The monoisotopic (exact) mass is 452 g/mol. The molecule has 0 radical (unpaired) electrons. The third-order valence-electron chi connectivity index (χ3n) is 3.88. The summed E-state index contributed by atoms with van der Waals surface area (Å²) in [6.45, 7) is 0. The number of amides is 1. The summed E-state index contributed by atoms with van der Waals surface area (Å²) in [5.74, 6) is -1.29. The number of halogens is 2. The lowest BCUT2D eigenvalue weighted by Crippen LogP contribution is -2.19. The Bertz CT molecular complexity index is 1070. The number of amidine groups is 1. The molecule has 0 saturated carbocycles. The summed E-state index contributed by atoms with van der Waals surface area (Å²) in [5, 5.41) is 13.1. The molecule has 1 amide bonds. The number of aliphatic imine (C=N–C) groups is 1. The molecule has 1 heterocycles. The third kappa shape index (κ3) is 4.34. The molecule has 2 N–H and O–H groups in total. The minimum Gasteiger partial charge on any atom is -0.493 e. The van der Waals surface area contributed by atoms with Crippen LogP contribution in [0.25, 0.3) is 6.08 Å². The van der Waals surface area contributed by atoms with Crippen LogP contribution in [0.3, 0.4) is 0 Å². The first-order chi connectivity index (χ1) is 13.8. The van der Waals surface area contributed by atoms with Crippen LogP contribution in [0.1, 0.15) is 15.9 Å². The van der Waals surface area contributed by atoms with Crippen LogP contribution in [0.15, 0.2) is 40.2 Å². The zero-order valence-electron chi connectivity index (χ0n) is 15.2. The number of thioether (sulfide) groups is 1. The van der Waals surface area contributed by atoms with Crippen molar-refractivity contribution in [2.24, 2.45) is 4.99 Å². The van der Waals surface area contributed by atoms with Crippen molar-refractivity contribution in [2.45, 2.75) is 0 Å². The molecular formula is C19H14Cl2N2O5S. The molecule has 0 aliphatic carbocycles. The van der Waals surface area contributed by atoms with Crippen molar-refractivity contribution < 1.29 is 24.2 Å². The van der Waals surface area contributed by atoms with Gasteiger partial charge in [-0.15, -0.1) is 0 Å². The van der Waals surface area contributed by atoms with Crippen LogP contribution in [0.5, 0.6) is 11.5 Å². The first kappa shape index (κ1) is 21.0. The number of benzene rings is 2. The summed E-state index contributed by atoms with van der Waals surface area (Å²) in [5.41, 5.74) is 0.575. The molecule has 1 aliphatic heterocycles. The lowest BCUT2D eigenvalue weighted by Gasteiger charge is -2.12. The molecule has 29 heavy (non-hydrogen) atoms. The first-order valence-corrected chi connectivity index (χ1v) is 9.64. The summed E-state index contributed by atoms with van der Waals surface area (Å²) in [4.78, 5) is 28.7. The van der Waals surface area contributed by atoms with E-state index in [4.69, 9.17) is 32.7 Å². The Morgan fingerprint density at radius 3 is 2.62 bits per heavy atom. The molecular weight excluding hydrogens is 439 g/mol. The quantitative estimate of drug-likeness (QED) is 0.643. The van der Waals surface area contributed by atoms with Gasteiger partial charge in [0.2, 0.25) is 0 Å². The van der Waals surface area contributed by atoms with Gasteiger partial charge in [-0.25, -0.2) is 9.79 Å². The van der Waals surface area contributed by atoms with Crippen molar-refractivity contribution >= 4 is 63.8 Å². The van der Waals surface area contributed by atoms with Gasteiger partial charge in [0.05, 0.1) is 34.9 Å². The second-order valence-corrected chi connectivity index (χ2v) is 7.44. The predicted molar refractivity (Wildman–Crippen MR) is 114 cm³/mol. The van der Waals surface area contributed by atoms with E-state index in [0.29, 0.717) is 15.9 Å². The number of rotatable bonds is 5. The fourth-order valence-corrected chi connectivity index (χ4v) is 3.76. The van der Waals surface area contributed by atoms with Gasteiger partial charge in [-0.05, 0) is 41.6 Å². The maximum Gasteiger partial charge on any atom is 0.340 e. The lowest BCUT2D eigenvalue weighted by atomic mass is 10.0. The van der Waals surface area contributed by atoms with Crippen molar-refractivity contribution in [1.29, 1.82) is 0 Å². The van der Waals surface area contributed by atoms with Gasteiger partial charge in [-0.3, -0.25) is 4.79 Å². The van der Waals surface area contributed by atoms with Crippen LogP contribution in [0.4, 0.5) is 5.69 Å². The number of nitrogens with zero attached hydrogens (tertiary/aromatic N) is 1. The molecule has 2 aromatic rings. The number of carbonyl (C=O) groups is 2. The third-order valence-corrected chi connectivity index (χ3v) is 5.60. The molecule has 1 aliphatic rings. The SMILES string of the molecule is COc1ccc(/C=C2/SC(=Nc3cccc(Cl)c3Cl)NC2=O)c(C(=O)O)c1OC. The zero-order chi connectivity index (χ0) is 21.1. The van der Waals surface area contributed by atoms with E-state index in [1.807, 2.05) is 0 Å². The Kier molecular flexibility index (Phi) is 6.36. The molecule has 3 rings (SSSR count). The predicted octanol–water partition coefficient (Wildman–Crippen LogP) is 4.60. The van der Waals surface area contributed by atoms with Crippen molar-refractivity contribution in [3.05, 3.63) is 56.4 Å². The Morgan fingerprint density at radius 1 is 1.21 bits per heavy atom.